The molecule has 0 aliphatic heterocycles. The highest BCUT2D eigenvalue weighted by atomic mass is 16.3. The highest BCUT2D eigenvalue weighted by Gasteiger charge is 2.38. The van der Waals surface area contributed by atoms with Crippen LogP contribution >= 0.6 is 0 Å². The summed E-state index contributed by atoms with van der Waals surface area (Å²) in [6, 6.07) is 20.9. The number of hydrogen-bond acceptors (Lipinski definition) is 15. The van der Waals surface area contributed by atoms with E-state index < -0.39 is 125 Å². The number of ketones is 5. The van der Waals surface area contributed by atoms with E-state index >= 15 is 0 Å². The lowest BCUT2D eigenvalue weighted by molar-refractivity contribution is -0.136. The van der Waals surface area contributed by atoms with E-state index in [-0.39, 0.29) is 114 Å². The quantitative estimate of drug-likeness (QED) is 0.0314. The molecule has 2 unspecified atom stereocenters. The summed E-state index contributed by atoms with van der Waals surface area (Å²) >= 11 is 0. The number of hydrogen-bond donors (Lipinski definition) is 10. The van der Waals surface area contributed by atoms with Crippen LogP contribution in [0.1, 0.15) is 162 Å². The van der Waals surface area contributed by atoms with E-state index in [1.807, 2.05) is 102 Å². The van der Waals surface area contributed by atoms with E-state index in [4.69, 9.17) is 28.7 Å². The van der Waals surface area contributed by atoms with Crippen LogP contribution in [0.3, 0.4) is 0 Å². The number of nitrogens with two attached hydrogens (primary N) is 5. The standard InChI is InChI=1S/C71H107N9O11/c1-7-46(6)66(80-69(89)52(27-30-72)38-61(82)57(75)35-47-17-11-8-12-18-47)65(86)39-53(28-31-73)68(88)78-59(36-48-19-13-9-14-20-48)63(84)41-55(34-45(4)5)70(90)77-58(29-32-74)62(83)40-54(33-44(2)3)71(91)79-60(64(85)42-56(43-81)67(76)87)37-49-23-25-51(26-24-49)50-21-15-10-16-22-50/h9-10,13-16,19-26,44-47,52-60,66,81H,7-8,11-12,17-18,27-43,72-75H2,1-6H3,(H2,76,87)(H,77,90)(H,78,88)(H,79,91)(H,80,89)/t46?,52-,53-,54+,55-,56+,57?,58+,59-,60+,66+/m1/s1. The minimum atomic E-state index is -1.19. The highest BCUT2D eigenvalue weighted by Crippen LogP contribution is 2.29. The molecule has 15 N–H and O–H groups in total. The molecule has 502 valence electrons. The first-order valence-corrected chi connectivity index (χ1v) is 33.2. The van der Waals surface area contributed by atoms with E-state index in [0.717, 1.165) is 36.8 Å². The largest absolute Gasteiger partial charge is 0.396 e. The van der Waals surface area contributed by atoms with Crippen LogP contribution < -0.4 is 49.9 Å². The van der Waals surface area contributed by atoms with Gasteiger partial charge < -0.3 is 55.0 Å². The van der Waals surface area contributed by atoms with E-state index in [1.54, 1.807) is 24.3 Å². The highest BCUT2D eigenvalue weighted by molar-refractivity contribution is 5.98. The topological polar surface area (TPSA) is 369 Å². The molecule has 1 fully saturated rings. The maximum Gasteiger partial charge on any atom is 0.224 e. The van der Waals surface area contributed by atoms with Gasteiger partial charge in [-0.2, -0.15) is 0 Å². The van der Waals surface area contributed by atoms with E-state index in [0.29, 0.717) is 29.9 Å². The summed E-state index contributed by atoms with van der Waals surface area (Å²) in [5, 5.41) is 21.5. The predicted octanol–water partition coefficient (Wildman–Crippen LogP) is 5.92. The number of Topliss-reactive ketones (excluding diaryl/α,β-unsaturated/α-hetero) is 5. The lowest BCUT2D eigenvalue weighted by Gasteiger charge is -2.29. The van der Waals surface area contributed by atoms with Crippen molar-refractivity contribution in [2.45, 2.75) is 194 Å². The average molecular weight is 1260 g/mol. The summed E-state index contributed by atoms with van der Waals surface area (Å²) in [5.74, 6) is -10.6. The molecule has 91 heavy (non-hydrogen) atoms. The number of amides is 5. The van der Waals surface area contributed by atoms with Gasteiger partial charge in [-0.05, 0) is 117 Å². The summed E-state index contributed by atoms with van der Waals surface area (Å²) in [4.78, 5) is 141. The van der Waals surface area contributed by atoms with Crippen molar-refractivity contribution in [1.82, 2.24) is 21.3 Å². The van der Waals surface area contributed by atoms with Gasteiger partial charge in [0.05, 0.1) is 42.7 Å². The van der Waals surface area contributed by atoms with Crippen LogP contribution in [0.15, 0.2) is 84.9 Å². The zero-order chi connectivity index (χ0) is 67.2. The van der Waals surface area contributed by atoms with E-state index in [9.17, 15) is 53.1 Å². The third kappa shape index (κ3) is 26.4. The molecule has 3 aromatic carbocycles. The second kappa shape index (κ2) is 40.2. The molecule has 5 amide bonds. The van der Waals surface area contributed by atoms with Crippen molar-refractivity contribution < 1.29 is 53.1 Å². The first-order valence-electron chi connectivity index (χ1n) is 33.2. The van der Waals surface area contributed by atoms with Gasteiger partial charge >= 0.3 is 0 Å². The molecule has 0 saturated heterocycles. The first-order chi connectivity index (χ1) is 43.4. The minimum absolute atomic E-state index is 0.00277. The van der Waals surface area contributed by atoms with Gasteiger partial charge in [-0.25, -0.2) is 0 Å². The van der Waals surface area contributed by atoms with Crippen LogP contribution in [0.5, 0.6) is 0 Å². The van der Waals surface area contributed by atoms with Crippen molar-refractivity contribution in [2.24, 2.45) is 81.9 Å². The molecule has 0 spiro atoms. The van der Waals surface area contributed by atoms with Crippen LogP contribution in [0, 0.1) is 53.3 Å². The molecule has 1 aliphatic carbocycles. The van der Waals surface area contributed by atoms with E-state index in [2.05, 4.69) is 21.3 Å². The van der Waals surface area contributed by atoms with Gasteiger partial charge in [-0.15, -0.1) is 0 Å². The smallest absolute Gasteiger partial charge is 0.224 e. The van der Waals surface area contributed by atoms with Gasteiger partial charge in [0.2, 0.25) is 29.5 Å². The molecule has 20 heteroatoms. The van der Waals surface area contributed by atoms with Crippen LogP contribution in [0.2, 0.25) is 0 Å². The number of carbonyl (C=O) groups excluding carboxylic acids is 10. The zero-order valence-corrected chi connectivity index (χ0v) is 54.8. The fraction of sp³-hybridized carbons (Fsp3) is 0.606. The molecule has 3 aromatic rings. The molecule has 4 rings (SSSR count). The van der Waals surface area contributed by atoms with Crippen molar-refractivity contribution in [3.63, 3.8) is 0 Å². The lowest BCUT2D eigenvalue weighted by Crippen LogP contribution is -2.51. The average Bonchev–Trinajstić information content (AvgIpc) is 1.51. The lowest BCUT2D eigenvalue weighted by atomic mass is 9.83. The maximum atomic E-state index is 14.8. The molecule has 0 bridgehead atoms. The Hall–Kier alpha value is -6.84. The normalized spacial score (nSPS) is 16.4. The van der Waals surface area contributed by atoms with Crippen LogP contribution in [-0.4, -0.2) is 120 Å². The van der Waals surface area contributed by atoms with Crippen molar-refractivity contribution in [3.05, 3.63) is 96.1 Å². The number of aliphatic hydroxyl groups excluding tert-OH is 1. The Balaban J connectivity index is 1.54. The van der Waals surface area contributed by atoms with Gasteiger partial charge in [0.1, 0.15) is 5.78 Å². The molecule has 0 aromatic heterocycles. The number of carbonyl (C=O) groups is 10. The summed E-state index contributed by atoms with van der Waals surface area (Å²) in [6.45, 7) is 10.7. The molecular formula is C71H107N9O11. The number of nitrogens with one attached hydrogen (secondary N) is 4. The Morgan fingerprint density at radius 2 is 0.890 bits per heavy atom. The Bertz CT molecular complexity index is 2790. The third-order valence-electron chi connectivity index (χ3n) is 17.8. The van der Waals surface area contributed by atoms with Crippen LogP contribution in [-0.2, 0) is 60.8 Å². The van der Waals surface area contributed by atoms with Gasteiger partial charge in [0.15, 0.2) is 23.1 Å². The second-order valence-corrected chi connectivity index (χ2v) is 26.3. The third-order valence-corrected chi connectivity index (χ3v) is 17.8. The molecule has 1 aliphatic rings. The summed E-state index contributed by atoms with van der Waals surface area (Å²) in [7, 11) is 0. The molecule has 20 nitrogen and oxygen atoms in total. The number of aliphatic hydroxyl groups is 1. The molecular weight excluding hydrogens is 1150 g/mol. The van der Waals surface area contributed by atoms with Crippen molar-refractivity contribution >= 4 is 58.5 Å². The SMILES string of the molecule is CCC(C)[C@H](NC(=O)[C@H](CCN)CC(=O)C(N)CC1CCCCC1)C(=O)C[C@@H](CCN)C(=O)N[C@H](Cc1ccccc1)C(=O)C[C@@H](CC(C)C)C(=O)N[C@@H](CCN)C(=O)C[C@H](CC(C)C)C(=O)N[C@@H](Cc1ccc(-c2ccccc2)cc1)C(=O)C[C@@H](CO)C(N)=O. The fourth-order valence-electron chi connectivity index (χ4n) is 12.3. The van der Waals surface area contributed by atoms with Crippen molar-refractivity contribution in [2.75, 3.05) is 26.2 Å². The number of primary amides is 1. The van der Waals surface area contributed by atoms with Gasteiger partial charge in [0, 0.05) is 55.8 Å². The van der Waals surface area contributed by atoms with Crippen molar-refractivity contribution in [3.8, 4) is 11.1 Å². The van der Waals surface area contributed by atoms with Crippen LogP contribution in [0.4, 0.5) is 0 Å². The molecule has 0 heterocycles. The molecule has 0 radical (unpaired) electrons. The Morgan fingerprint density at radius 1 is 0.484 bits per heavy atom. The van der Waals surface area contributed by atoms with E-state index in [1.165, 1.54) is 6.42 Å². The summed E-state index contributed by atoms with van der Waals surface area (Å²) in [5.41, 5.74) is 33.3. The predicted molar refractivity (Wildman–Crippen MR) is 354 cm³/mol. The minimum Gasteiger partial charge on any atom is -0.396 e. The Labute approximate surface area is 539 Å². The monoisotopic (exact) mass is 1260 g/mol. The fourth-order valence-corrected chi connectivity index (χ4v) is 12.3. The van der Waals surface area contributed by atoms with Gasteiger partial charge in [0.25, 0.3) is 0 Å². The van der Waals surface area contributed by atoms with Crippen LogP contribution in [0.25, 0.3) is 11.1 Å². The summed E-state index contributed by atoms with van der Waals surface area (Å²) < 4.78 is 0. The van der Waals surface area contributed by atoms with Gasteiger partial charge in [-0.1, -0.05) is 165 Å². The number of benzene rings is 3. The first kappa shape index (κ1) is 76.6. The van der Waals surface area contributed by atoms with Crippen molar-refractivity contribution in [1.29, 1.82) is 0 Å². The van der Waals surface area contributed by atoms with Gasteiger partial charge in [-0.3, -0.25) is 47.9 Å². The Morgan fingerprint density at radius 3 is 1.35 bits per heavy atom. The summed E-state index contributed by atoms with van der Waals surface area (Å²) in [6.07, 6.45) is 5.67. The number of rotatable bonds is 44. The Kier molecular flexibility index (Phi) is 33.8. The molecule has 1 saturated carbocycles. The zero-order valence-electron chi connectivity index (χ0n) is 54.8. The molecule has 11 atom stereocenters. The maximum absolute atomic E-state index is 14.8. The second-order valence-electron chi connectivity index (χ2n) is 26.3.